The number of piperidine rings is 1. The van der Waals surface area contributed by atoms with E-state index in [-0.39, 0.29) is 10.9 Å². The Morgan fingerprint density at radius 3 is 2.78 bits per heavy atom. The summed E-state index contributed by atoms with van der Waals surface area (Å²) in [7, 11) is 0. The van der Waals surface area contributed by atoms with E-state index in [1.165, 1.54) is 0 Å². The highest BCUT2D eigenvalue weighted by Crippen LogP contribution is 2.35. The maximum atomic E-state index is 12.7. The molecule has 1 atom stereocenters. The molecule has 0 saturated carbocycles. The van der Waals surface area contributed by atoms with Crippen molar-refractivity contribution in [2.75, 3.05) is 18.0 Å². The summed E-state index contributed by atoms with van der Waals surface area (Å²) in [5, 5.41) is 3.76. The van der Waals surface area contributed by atoms with Crippen molar-refractivity contribution in [2.24, 2.45) is 0 Å². The highest BCUT2D eigenvalue weighted by molar-refractivity contribution is 6.33. The molecule has 9 heteroatoms. The average molecular weight is 347 g/mol. The fourth-order valence-electron chi connectivity index (χ4n) is 2.67. The van der Waals surface area contributed by atoms with Crippen LogP contribution in [0.25, 0.3) is 0 Å². The molecule has 5 nitrogen and oxygen atoms in total. The Morgan fingerprint density at radius 2 is 2.17 bits per heavy atom. The molecule has 2 aromatic rings. The quantitative estimate of drug-likeness (QED) is 0.827. The lowest BCUT2D eigenvalue weighted by molar-refractivity contribution is -0.137. The molecule has 2 aromatic heterocycles. The minimum Gasteiger partial charge on any atom is -0.355 e. The van der Waals surface area contributed by atoms with E-state index in [9.17, 15) is 13.2 Å². The lowest BCUT2D eigenvalue weighted by Gasteiger charge is -2.32. The number of rotatable bonds is 2. The topological polar surface area (TPSA) is 55.1 Å². The number of pyridine rings is 1. The van der Waals surface area contributed by atoms with Gasteiger partial charge in [0.25, 0.3) is 0 Å². The predicted molar refractivity (Wildman–Crippen MR) is 77.5 cm³/mol. The molecule has 1 saturated heterocycles. The van der Waals surface area contributed by atoms with E-state index >= 15 is 0 Å². The molecule has 23 heavy (non-hydrogen) atoms. The number of hydrogen-bond acceptors (Lipinski definition) is 5. The van der Waals surface area contributed by atoms with Gasteiger partial charge in [0, 0.05) is 19.3 Å². The van der Waals surface area contributed by atoms with Crippen molar-refractivity contribution < 1.29 is 17.7 Å². The van der Waals surface area contributed by atoms with Crippen molar-refractivity contribution in [3.63, 3.8) is 0 Å². The molecular formula is C14H14ClF3N4O. The molecule has 3 heterocycles. The minimum atomic E-state index is -4.46. The fourth-order valence-corrected chi connectivity index (χ4v) is 2.95. The largest absolute Gasteiger partial charge is 0.417 e. The first kappa shape index (κ1) is 16.0. The second-order valence-corrected chi connectivity index (χ2v) is 5.90. The normalized spacial score (nSPS) is 19.2. The second kappa shape index (κ2) is 5.99. The monoisotopic (exact) mass is 346 g/mol. The van der Waals surface area contributed by atoms with Gasteiger partial charge in [-0.05, 0) is 25.8 Å². The Morgan fingerprint density at radius 1 is 1.39 bits per heavy atom. The zero-order chi connectivity index (χ0) is 16.6. The summed E-state index contributed by atoms with van der Waals surface area (Å²) in [5.41, 5.74) is -0.854. The number of nitrogens with zero attached hydrogens (tertiary/aromatic N) is 4. The van der Waals surface area contributed by atoms with E-state index in [1.807, 2.05) is 4.90 Å². The summed E-state index contributed by atoms with van der Waals surface area (Å²) in [6, 6.07) is 0.907. The van der Waals surface area contributed by atoms with E-state index in [2.05, 4.69) is 15.1 Å². The standard InChI is InChI=1S/C14H14ClF3N4O/c1-8-20-13(23-21-8)9-3-2-4-22(7-9)12-11(15)5-10(6-19-12)14(16,17)18/h5-6,9H,2-4,7H2,1H3/t9-/m1/s1. The highest BCUT2D eigenvalue weighted by atomic mass is 35.5. The fraction of sp³-hybridized carbons (Fsp3) is 0.500. The third kappa shape index (κ3) is 3.41. The summed E-state index contributed by atoms with van der Waals surface area (Å²) in [6.45, 7) is 2.93. The Balaban J connectivity index is 1.81. The molecule has 3 rings (SSSR count). The first-order valence-corrected chi connectivity index (χ1v) is 7.50. The lowest BCUT2D eigenvalue weighted by Crippen LogP contribution is -2.35. The van der Waals surface area contributed by atoms with E-state index < -0.39 is 11.7 Å². The van der Waals surface area contributed by atoms with Gasteiger partial charge in [-0.25, -0.2) is 4.98 Å². The molecular weight excluding hydrogens is 333 g/mol. The number of halogens is 4. The number of alkyl halides is 3. The molecule has 0 unspecified atom stereocenters. The summed E-state index contributed by atoms with van der Waals surface area (Å²) >= 11 is 6.01. The Kier molecular flexibility index (Phi) is 4.18. The van der Waals surface area contributed by atoms with Crippen molar-refractivity contribution in [1.82, 2.24) is 15.1 Å². The van der Waals surface area contributed by atoms with Crippen molar-refractivity contribution in [3.8, 4) is 0 Å². The first-order valence-electron chi connectivity index (χ1n) is 7.12. The van der Waals surface area contributed by atoms with Gasteiger partial charge in [0.1, 0.15) is 5.82 Å². The van der Waals surface area contributed by atoms with Gasteiger partial charge in [0.2, 0.25) is 5.89 Å². The van der Waals surface area contributed by atoms with Crippen molar-refractivity contribution >= 4 is 17.4 Å². The van der Waals surface area contributed by atoms with Gasteiger partial charge in [-0.3, -0.25) is 0 Å². The lowest BCUT2D eigenvalue weighted by atomic mass is 9.98. The molecule has 1 aliphatic heterocycles. The van der Waals surface area contributed by atoms with Crippen LogP contribution in [0.2, 0.25) is 5.02 Å². The maximum Gasteiger partial charge on any atom is 0.417 e. The van der Waals surface area contributed by atoms with E-state index in [0.717, 1.165) is 25.1 Å². The molecule has 0 aromatic carbocycles. The molecule has 0 N–H and O–H groups in total. The number of anilines is 1. The van der Waals surface area contributed by atoms with Gasteiger partial charge in [0.15, 0.2) is 5.82 Å². The van der Waals surface area contributed by atoms with Crippen LogP contribution in [0.1, 0.15) is 36.0 Å². The number of aryl methyl sites for hydroxylation is 1. The van der Waals surface area contributed by atoms with Crippen LogP contribution in [0.3, 0.4) is 0 Å². The Labute approximate surface area is 135 Å². The van der Waals surface area contributed by atoms with Gasteiger partial charge in [-0.2, -0.15) is 18.2 Å². The summed E-state index contributed by atoms with van der Waals surface area (Å²) in [5.74, 6) is 1.46. The summed E-state index contributed by atoms with van der Waals surface area (Å²) < 4.78 is 43.3. The van der Waals surface area contributed by atoms with Gasteiger partial charge in [-0.15, -0.1) is 0 Å². The summed E-state index contributed by atoms with van der Waals surface area (Å²) in [4.78, 5) is 9.99. The van der Waals surface area contributed by atoms with Gasteiger partial charge >= 0.3 is 6.18 Å². The van der Waals surface area contributed by atoms with Crippen molar-refractivity contribution in [1.29, 1.82) is 0 Å². The van der Waals surface area contributed by atoms with Gasteiger partial charge in [-0.1, -0.05) is 16.8 Å². The van der Waals surface area contributed by atoms with Crippen molar-refractivity contribution in [3.05, 3.63) is 34.6 Å². The third-order valence-corrected chi connectivity index (χ3v) is 4.04. The molecule has 0 aliphatic carbocycles. The van der Waals surface area contributed by atoms with Crippen LogP contribution in [-0.2, 0) is 6.18 Å². The van der Waals surface area contributed by atoms with E-state index in [4.69, 9.17) is 16.1 Å². The second-order valence-electron chi connectivity index (χ2n) is 5.49. The smallest absolute Gasteiger partial charge is 0.355 e. The third-order valence-electron chi connectivity index (χ3n) is 3.76. The number of aromatic nitrogens is 3. The van der Waals surface area contributed by atoms with Crippen LogP contribution >= 0.6 is 11.6 Å². The van der Waals surface area contributed by atoms with Crippen LogP contribution in [0, 0.1) is 6.92 Å². The summed E-state index contributed by atoms with van der Waals surface area (Å²) in [6.07, 6.45) is -1.94. The molecule has 0 spiro atoms. The van der Waals surface area contributed by atoms with Gasteiger partial charge < -0.3 is 9.42 Å². The van der Waals surface area contributed by atoms with Gasteiger partial charge in [0.05, 0.1) is 16.5 Å². The van der Waals surface area contributed by atoms with Crippen LogP contribution in [0.15, 0.2) is 16.8 Å². The Hall–Kier alpha value is -1.83. The molecule has 0 radical (unpaired) electrons. The van der Waals surface area contributed by atoms with Crippen molar-refractivity contribution in [2.45, 2.75) is 31.9 Å². The molecule has 1 fully saturated rings. The zero-order valence-electron chi connectivity index (χ0n) is 12.3. The van der Waals surface area contributed by atoms with Crippen LogP contribution in [0.5, 0.6) is 0 Å². The highest BCUT2D eigenvalue weighted by Gasteiger charge is 2.33. The zero-order valence-corrected chi connectivity index (χ0v) is 13.0. The van der Waals surface area contributed by atoms with Crippen LogP contribution < -0.4 is 4.90 Å². The Bertz CT molecular complexity index is 704. The average Bonchev–Trinajstić information content (AvgIpc) is 2.93. The predicted octanol–water partition coefficient (Wildman–Crippen LogP) is 3.83. The molecule has 124 valence electrons. The number of hydrogen-bond donors (Lipinski definition) is 0. The first-order chi connectivity index (χ1) is 10.8. The minimum absolute atomic E-state index is 0.0119. The molecule has 1 aliphatic rings. The van der Waals surface area contributed by atoms with Crippen LogP contribution in [-0.4, -0.2) is 28.2 Å². The SMILES string of the molecule is Cc1noc([C@@H]2CCCN(c3ncc(C(F)(F)F)cc3Cl)C2)n1. The maximum absolute atomic E-state index is 12.7. The van der Waals surface area contributed by atoms with Crippen LogP contribution in [0.4, 0.5) is 19.0 Å². The van der Waals surface area contributed by atoms with E-state index in [1.54, 1.807) is 6.92 Å². The molecule has 0 bridgehead atoms. The van der Waals surface area contributed by atoms with E-state index in [0.29, 0.717) is 30.6 Å². The molecule has 0 amide bonds.